The molecule has 5 heteroatoms. The lowest BCUT2D eigenvalue weighted by Crippen LogP contribution is -2.37. The van der Waals surface area contributed by atoms with Crippen LogP contribution in [0.1, 0.15) is 12.8 Å². The predicted molar refractivity (Wildman–Crippen MR) is 87.9 cm³/mol. The van der Waals surface area contributed by atoms with Crippen LogP contribution in [0.5, 0.6) is 0 Å². The highest BCUT2D eigenvalue weighted by atomic mass is 15.2. The number of benzene rings is 1. The van der Waals surface area contributed by atoms with Gasteiger partial charge >= 0.3 is 0 Å². The van der Waals surface area contributed by atoms with Gasteiger partial charge in [-0.05, 0) is 44.0 Å². The maximum atomic E-state index is 4.79. The molecule has 3 rings (SSSR count). The summed E-state index contributed by atoms with van der Waals surface area (Å²) >= 11 is 0. The van der Waals surface area contributed by atoms with E-state index in [-0.39, 0.29) is 0 Å². The van der Waals surface area contributed by atoms with Crippen LogP contribution < -0.4 is 15.5 Å². The number of aromatic nitrogens is 2. The number of nitrogens with one attached hydrogen (secondary N) is 2. The molecule has 1 aliphatic rings. The average molecular weight is 285 g/mol. The summed E-state index contributed by atoms with van der Waals surface area (Å²) in [5, 5.41) is 6.65. The van der Waals surface area contributed by atoms with Gasteiger partial charge in [0.2, 0.25) is 0 Å². The summed E-state index contributed by atoms with van der Waals surface area (Å²) < 4.78 is 0. The van der Waals surface area contributed by atoms with Crippen LogP contribution in [0.15, 0.2) is 24.3 Å². The Kier molecular flexibility index (Phi) is 4.20. The number of nitrogens with zero attached hydrogens (tertiary/aromatic N) is 3. The number of para-hydroxylation sites is 2. The van der Waals surface area contributed by atoms with Crippen LogP contribution >= 0.6 is 0 Å². The highest BCUT2D eigenvalue weighted by molar-refractivity contribution is 5.80. The molecule has 0 bridgehead atoms. The Labute approximate surface area is 125 Å². The Morgan fingerprint density at radius 2 is 2.05 bits per heavy atom. The topological polar surface area (TPSA) is 53.1 Å². The number of fused-ring (bicyclic) bond motifs is 1. The minimum absolute atomic E-state index is 0.682. The number of hydrogen-bond acceptors (Lipinski definition) is 5. The molecule has 1 aliphatic heterocycles. The molecule has 1 saturated heterocycles. The zero-order valence-corrected chi connectivity index (χ0v) is 12.8. The van der Waals surface area contributed by atoms with E-state index in [2.05, 4.69) is 27.6 Å². The molecule has 2 N–H and O–H groups in total. The van der Waals surface area contributed by atoms with Gasteiger partial charge in [-0.1, -0.05) is 12.1 Å². The first-order chi connectivity index (χ1) is 10.3. The van der Waals surface area contributed by atoms with Crippen LogP contribution in [0.4, 0.5) is 11.6 Å². The molecule has 1 aromatic carbocycles. The molecule has 1 aromatic heterocycles. The van der Waals surface area contributed by atoms with Crippen LogP contribution in [-0.2, 0) is 0 Å². The first-order valence-corrected chi connectivity index (χ1v) is 7.64. The molecule has 0 aliphatic carbocycles. The number of rotatable bonds is 4. The van der Waals surface area contributed by atoms with Gasteiger partial charge in [0, 0.05) is 20.6 Å². The SMILES string of the molecule is CNc1nc2ccccc2nc1N(C)C[C@H]1CCCNC1. The normalized spacial score (nSPS) is 18.7. The third-order valence-corrected chi connectivity index (χ3v) is 4.08. The summed E-state index contributed by atoms with van der Waals surface area (Å²) in [4.78, 5) is 11.7. The standard InChI is InChI=1S/C16H23N5/c1-17-15-16(20-14-8-4-3-7-13(14)19-15)21(2)11-12-6-5-9-18-10-12/h3-4,7-8,12,18H,5-6,9-11H2,1-2H3,(H,17,19)/t12-/m0/s1. The molecule has 1 atom stereocenters. The Bertz CT molecular complexity index is 607. The number of piperidine rings is 1. The van der Waals surface area contributed by atoms with E-state index in [1.54, 1.807) is 0 Å². The van der Waals surface area contributed by atoms with Crippen LogP contribution in [-0.4, -0.2) is 43.7 Å². The second kappa shape index (κ2) is 6.26. The Hall–Kier alpha value is -1.88. The van der Waals surface area contributed by atoms with E-state index in [4.69, 9.17) is 4.98 Å². The van der Waals surface area contributed by atoms with Gasteiger partial charge in [0.25, 0.3) is 0 Å². The Balaban J connectivity index is 1.86. The fourth-order valence-corrected chi connectivity index (χ4v) is 2.98. The van der Waals surface area contributed by atoms with Gasteiger partial charge in [-0.15, -0.1) is 0 Å². The van der Waals surface area contributed by atoms with Gasteiger partial charge in [0.1, 0.15) is 0 Å². The van der Waals surface area contributed by atoms with E-state index in [0.717, 1.165) is 42.3 Å². The first kappa shape index (κ1) is 14.1. The van der Waals surface area contributed by atoms with E-state index in [0.29, 0.717) is 5.92 Å². The summed E-state index contributed by atoms with van der Waals surface area (Å²) in [6.45, 7) is 3.26. The van der Waals surface area contributed by atoms with E-state index >= 15 is 0 Å². The van der Waals surface area contributed by atoms with Crippen LogP contribution in [0.3, 0.4) is 0 Å². The lowest BCUT2D eigenvalue weighted by molar-refractivity contribution is 0.380. The number of hydrogen-bond donors (Lipinski definition) is 2. The Morgan fingerprint density at radius 1 is 1.29 bits per heavy atom. The summed E-state index contributed by atoms with van der Waals surface area (Å²) in [6, 6.07) is 8.01. The van der Waals surface area contributed by atoms with Gasteiger partial charge in [0.05, 0.1) is 11.0 Å². The van der Waals surface area contributed by atoms with E-state index < -0.39 is 0 Å². The zero-order valence-electron chi connectivity index (χ0n) is 12.8. The molecule has 0 radical (unpaired) electrons. The summed E-state index contributed by atoms with van der Waals surface area (Å²) in [6.07, 6.45) is 2.55. The fourth-order valence-electron chi connectivity index (χ4n) is 2.98. The van der Waals surface area contributed by atoms with Gasteiger partial charge in [-0.25, -0.2) is 9.97 Å². The maximum Gasteiger partial charge on any atom is 0.172 e. The molecule has 0 unspecified atom stereocenters. The highest BCUT2D eigenvalue weighted by Gasteiger charge is 2.18. The van der Waals surface area contributed by atoms with Crippen molar-refractivity contribution >= 4 is 22.7 Å². The molecular weight excluding hydrogens is 262 g/mol. The summed E-state index contributed by atoms with van der Waals surface area (Å²) in [5.41, 5.74) is 1.87. The number of anilines is 2. The van der Waals surface area contributed by atoms with Gasteiger partial charge in [-0.3, -0.25) is 0 Å². The molecule has 1 fully saturated rings. The van der Waals surface area contributed by atoms with Crippen molar-refractivity contribution in [2.75, 3.05) is 43.9 Å². The quantitative estimate of drug-likeness (QED) is 0.901. The lowest BCUT2D eigenvalue weighted by Gasteiger charge is -2.29. The molecule has 2 aromatic rings. The molecule has 5 nitrogen and oxygen atoms in total. The van der Waals surface area contributed by atoms with Crippen molar-refractivity contribution < 1.29 is 0 Å². The lowest BCUT2D eigenvalue weighted by atomic mass is 9.99. The molecule has 112 valence electrons. The van der Waals surface area contributed by atoms with Crippen molar-refractivity contribution in [1.82, 2.24) is 15.3 Å². The molecule has 0 spiro atoms. The van der Waals surface area contributed by atoms with Crippen LogP contribution in [0, 0.1) is 5.92 Å². The minimum atomic E-state index is 0.682. The molecular formula is C16H23N5. The van der Waals surface area contributed by atoms with Crippen molar-refractivity contribution in [1.29, 1.82) is 0 Å². The van der Waals surface area contributed by atoms with Gasteiger partial charge < -0.3 is 15.5 Å². The molecule has 2 heterocycles. The Morgan fingerprint density at radius 3 is 2.71 bits per heavy atom. The van der Waals surface area contributed by atoms with Crippen molar-refractivity contribution in [3.05, 3.63) is 24.3 Å². The molecule has 21 heavy (non-hydrogen) atoms. The van der Waals surface area contributed by atoms with Crippen molar-refractivity contribution in [2.45, 2.75) is 12.8 Å². The largest absolute Gasteiger partial charge is 0.370 e. The minimum Gasteiger partial charge on any atom is -0.370 e. The molecule has 0 saturated carbocycles. The fraction of sp³-hybridized carbons (Fsp3) is 0.500. The first-order valence-electron chi connectivity index (χ1n) is 7.64. The van der Waals surface area contributed by atoms with E-state index in [9.17, 15) is 0 Å². The predicted octanol–water partition coefficient (Wildman–Crippen LogP) is 2.11. The maximum absolute atomic E-state index is 4.79. The van der Waals surface area contributed by atoms with Gasteiger partial charge in [0.15, 0.2) is 11.6 Å². The summed E-state index contributed by atoms with van der Waals surface area (Å²) in [7, 11) is 4.01. The average Bonchev–Trinajstić information content (AvgIpc) is 2.54. The van der Waals surface area contributed by atoms with Crippen molar-refractivity contribution in [3.63, 3.8) is 0 Å². The third-order valence-electron chi connectivity index (χ3n) is 4.08. The summed E-state index contributed by atoms with van der Waals surface area (Å²) in [5.74, 6) is 2.46. The van der Waals surface area contributed by atoms with Crippen molar-refractivity contribution in [3.8, 4) is 0 Å². The van der Waals surface area contributed by atoms with E-state index in [1.807, 2.05) is 31.3 Å². The van der Waals surface area contributed by atoms with Crippen molar-refractivity contribution in [2.24, 2.45) is 5.92 Å². The third kappa shape index (κ3) is 3.08. The zero-order chi connectivity index (χ0) is 14.7. The monoisotopic (exact) mass is 285 g/mol. The van der Waals surface area contributed by atoms with Crippen LogP contribution in [0.2, 0.25) is 0 Å². The smallest absolute Gasteiger partial charge is 0.172 e. The van der Waals surface area contributed by atoms with Gasteiger partial charge in [-0.2, -0.15) is 0 Å². The van der Waals surface area contributed by atoms with Crippen LogP contribution in [0.25, 0.3) is 11.0 Å². The second-order valence-electron chi connectivity index (χ2n) is 5.73. The molecule has 0 amide bonds. The highest BCUT2D eigenvalue weighted by Crippen LogP contribution is 2.25. The second-order valence-corrected chi connectivity index (χ2v) is 5.73. The van der Waals surface area contributed by atoms with E-state index in [1.165, 1.54) is 12.8 Å².